The molecule has 1 heterocycles. The summed E-state index contributed by atoms with van der Waals surface area (Å²) < 4.78 is -0.506. The second-order valence-electron chi connectivity index (χ2n) is 3.30. The van der Waals surface area contributed by atoms with Gasteiger partial charge in [0.2, 0.25) is 0 Å². The number of likely N-dealkylation sites (tertiary alicyclic amines) is 1. The third kappa shape index (κ3) is 2.71. The summed E-state index contributed by atoms with van der Waals surface area (Å²) in [7, 11) is 2.04. The SMILES string of the molecule is CN1CCCC(C(=O)C(Cl)Br)C1. The van der Waals surface area contributed by atoms with Gasteiger partial charge in [-0.15, -0.1) is 11.6 Å². The Morgan fingerprint density at radius 3 is 2.92 bits per heavy atom. The average molecular weight is 255 g/mol. The zero-order valence-corrected chi connectivity index (χ0v) is 9.44. The Morgan fingerprint density at radius 1 is 1.75 bits per heavy atom. The number of carbonyl (C=O) groups excluding carboxylic acids is 1. The van der Waals surface area contributed by atoms with Crippen molar-refractivity contribution in [2.75, 3.05) is 20.1 Å². The van der Waals surface area contributed by atoms with Gasteiger partial charge in [0.05, 0.1) is 0 Å². The van der Waals surface area contributed by atoms with Crippen molar-refractivity contribution in [1.82, 2.24) is 4.90 Å². The molecule has 0 radical (unpaired) electrons. The molecule has 0 aromatic carbocycles. The Morgan fingerprint density at radius 2 is 2.42 bits per heavy atom. The van der Waals surface area contributed by atoms with E-state index in [9.17, 15) is 4.79 Å². The van der Waals surface area contributed by atoms with Crippen molar-refractivity contribution in [3.63, 3.8) is 0 Å². The molecule has 4 heteroatoms. The largest absolute Gasteiger partial charge is 0.306 e. The molecule has 0 N–H and O–H groups in total. The van der Waals surface area contributed by atoms with Gasteiger partial charge in [-0.25, -0.2) is 0 Å². The van der Waals surface area contributed by atoms with Gasteiger partial charge in [0.1, 0.15) is 4.29 Å². The molecule has 2 nitrogen and oxygen atoms in total. The minimum Gasteiger partial charge on any atom is -0.306 e. The molecule has 0 aromatic heterocycles. The summed E-state index contributed by atoms with van der Waals surface area (Å²) in [6, 6.07) is 0. The molecule has 1 saturated heterocycles. The summed E-state index contributed by atoms with van der Waals surface area (Å²) >= 11 is 8.75. The fraction of sp³-hybridized carbons (Fsp3) is 0.875. The highest BCUT2D eigenvalue weighted by molar-refractivity contribution is 9.10. The predicted octanol–water partition coefficient (Wildman–Crippen LogP) is 1.86. The van der Waals surface area contributed by atoms with Crippen LogP contribution < -0.4 is 0 Å². The van der Waals surface area contributed by atoms with Gasteiger partial charge < -0.3 is 4.90 Å². The molecule has 12 heavy (non-hydrogen) atoms. The summed E-state index contributed by atoms with van der Waals surface area (Å²) in [6.07, 6.45) is 2.08. The highest BCUT2D eigenvalue weighted by atomic mass is 79.9. The van der Waals surface area contributed by atoms with Crippen LogP contribution in [0.25, 0.3) is 0 Å². The molecule has 0 spiro atoms. The molecule has 1 rings (SSSR count). The molecule has 0 aromatic rings. The highest BCUT2D eigenvalue weighted by Crippen LogP contribution is 2.21. The lowest BCUT2D eigenvalue weighted by Crippen LogP contribution is -2.37. The van der Waals surface area contributed by atoms with E-state index in [0.717, 1.165) is 25.9 Å². The fourth-order valence-corrected chi connectivity index (χ4v) is 2.13. The number of piperidine rings is 1. The summed E-state index contributed by atoms with van der Waals surface area (Å²) in [5, 5.41) is 0. The van der Waals surface area contributed by atoms with Crippen LogP contribution in [0.4, 0.5) is 0 Å². The lowest BCUT2D eigenvalue weighted by atomic mass is 9.95. The maximum Gasteiger partial charge on any atom is 0.165 e. The molecule has 70 valence electrons. The normalized spacial score (nSPS) is 28.4. The van der Waals surface area contributed by atoms with Crippen LogP contribution in [-0.2, 0) is 4.79 Å². The number of carbonyl (C=O) groups is 1. The van der Waals surface area contributed by atoms with E-state index in [0.29, 0.717) is 0 Å². The molecule has 2 atom stereocenters. The highest BCUT2D eigenvalue weighted by Gasteiger charge is 2.27. The number of halogens is 2. The molecular weight excluding hydrogens is 241 g/mol. The number of hydrogen-bond donors (Lipinski definition) is 0. The van der Waals surface area contributed by atoms with Crippen LogP contribution >= 0.6 is 27.5 Å². The number of nitrogens with zero attached hydrogens (tertiary/aromatic N) is 1. The average Bonchev–Trinajstić information content (AvgIpc) is 2.03. The topological polar surface area (TPSA) is 20.3 Å². The maximum absolute atomic E-state index is 11.4. The maximum atomic E-state index is 11.4. The summed E-state index contributed by atoms with van der Waals surface area (Å²) in [5.41, 5.74) is 0. The van der Waals surface area contributed by atoms with Gasteiger partial charge in [-0.1, -0.05) is 15.9 Å². The molecule has 1 aliphatic heterocycles. The number of hydrogen-bond acceptors (Lipinski definition) is 2. The zero-order chi connectivity index (χ0) is 9.14. The Kier molecular flexibility index (Phi) is 4.00. The Labute approximate surface area is 86.4 Å². The van der Waals surface area contributed by atoms with E-state index in [1.54, 1.807) is 0 Å². The van der Waals surface area contributed by atoms with E-state index < -0.39 is 4.29 Å². The van der Waals surface area contributed by atoms with Crippen LogP contribution in [0, 0.1) is 5.92 Å². The van der Waals surface area contributed by atoms with Crippen molar-refractivity contribution in [1.29, 1.82) is 0 Å². The van der Waals surface area contributed by atoms with Crippen molar-refractivity contribution in [2.24, 2.45) is 5.92 Å². The summed E-state index contributed by atoms with van der Waals surface area (Å²) in [5.74, 6) is 0.258. The van der Waals surface area contributed by atoms with Gasteiger partial charge in [0, 0.05) is 12.5 Å². The van der Waals surface area contributed by atoms with E-state index in [-0.39, 0.29) is 11.7 Å². The van der Waals surface area contributed by atoms with Crippen molar-refractivity contribution in [2.45, 2.75) is 17.1 Å². The van der Waals surface area contributed by atoms with Crippen LogP contribution in [0.3, 0.4) is 0 Å². The van der Waals surface area contributed by atoms with Gasteiger partial charge in [-0.2, -0.15) is 0 Å². The monoisotopic (exact) mass is 253 g/mol. The third-order valence-corrected chi connectivity index (χ3v) is 2.91. The van der Waals surface area contributed by atoms with Gasteiger partial charge in [-0.3, -0.25) is 4.79 Å². The first-order valence-electron chi connectivity index (χ1n) is 4.11. The van der Waals surface area contributed by atoms with Crippen LogP contribution in [0.1, 0.15) is 12.8 Å². The van der Waals surface area contributed by atoms with E-state index in [2.05, 4.69) is 20.8 Å². The quantitative estimate of drug-likeness (QED) is 0.701. The number of alkyl halides is 2. The Hall–Kier alpha value is 0.400. The molecule has 1 aliphatic rings. The Bertz CT molecular complexity index is 174. The lowest BCUT2D eigenvalue weighted by molar-refractivity contribution is -0.122. The first kappa shape index (κ1) is 10.5. The van der Waals surface area contributed by atoms with Crippen LogP contribution in [-0.4, -0.2) is 35.1 Å². The molecular formula is C8H13BrClNO. The first-order chi connectivity index (χ1) is 5.61. The molecule has 2 unspecified atom stereocenters. The third-order valence-electron chi connectivity index (χ3n) is 2.24. The summed E-state index contributed by atoms with van der Waals surface area (Å²) in [4.78, 5) is 13.6. The van der Waals surface area contributed by atoms with E-state index in [4.69, 9.17) is 11.6 Å². The minimum atomic E-state index is -0.506. The van der Waals surface area contributed by atoms with Crippen LogP contribution in [0.5, 0.6) is 0 Å². The molecule has 1 fully saturated rings. The van der Waals surface area contributed by atoms with Crippen molar-refractivity contribution in [3.8, 4) is 0 Å². The number of ketones is 1. The number of rotatable bonds is 2. The molecule has 0 aliphatic carbocycles. The standard InChI is InChI=1S/C8H13BrClNO/c1-11-4-2-3-6(5-11)7(12)8(9)10/h6,8H,2-5H2,1H3. The van der Waals surface area contributed by atoms with E-state index in [1.165, 1.54) is 0 Å². The van der Waals surface area contributed by atoms with Gasteiger partial charge in [0.25, 0.3) is 0 Å². The van der Waals surface area contributed by atoms with Crippen molar-refractivity contribution >= 4 is 33.3 Å². The van der Waals surface area contributed by atoms with Crippen molar-refractivity contribution in [3.05, 3.63) is 0 Å². The minimum absolute atomic E-state index is 0.128. The number of Topliss-reactive ketones (excluding diaryl/α,β-unsaturated/α-hetero) is 1. The first-order valence-corrected chi connectivity index (χ1v) is 5.47. The summed E-state index contributed by atoms with van der Waals surface area (Å²) in [6.45, 7) is 1.95. The second kappa shape index (κ2) is 4.58. The van der Waals surface area contributed by atoms with Crippen LogP contribution in [0.15, 0.2) is 0 Å². The van der Waals surface area contributed by atoms with E-state index >= 15 is 0 Å². The second-order valence-corrected chi connectivity index (χ2v) is 5.18. The fourth-order valence-electron chi connectivity index (χ4n) is 1.58. The van der Waals surface area contributed by atoms with Gasteiger partial charge in [-0.05, 0) is 26.4 Å². The molecule has 0 saturated carbocycles. The Balaban J connectivity index is 2.46. The van der Waals surface area contributed by atoms with Crippen molar-refractivity contribution < 1.29 is 4.79 Å². The van der Waals surface area contributed by atoms with Gasteiger partial charge >= 0.3 is 0 Å². The zero-order valence-electron chi connectivity index (χ0n) is 7.09. The smallest absolute Gasteiger partial charge is 0.165 e. The molecule has 0 amide bonds. The lowest BCUT2D eigenvalue weighted by Gasteiger charge is -2.28. The molecule has 0 bridgehead atoms. The van der Waals surface area contributed by atoms with Crippen LogP contribution in [0.2, 0.25) is 0 Å². The predicted molar refractivity (Wildman–Crippen MR) is 53.8 cm³/mol. The van der Waals surface area contributed by atoms with E-state index in [1.807, 2.05) is 7.05 Å². The van der Waals surface area contributed by atoms with Gasteiger partial charge in [0.15, 0.2) is 5.78 Å².